The smallest absolute Gasteiger partial charge is 1.00 e. The van der Waals surface area contributed by atoms with E-state index in [1.165, 1.54) is 44.5 Å². The van der Waals surface area contributed by atoms with Crippen LogP contribution < -0.4 is 24.8 Å². The second kappa shape index (κ2) is 9.40. The standard InChI is InChI=1S/C25H19.2ClH.Zr/c1-17-19(18-9-3-2-4-10-18)15-16-20(17)25-23-13-7-5-11-21(23)22-12-6-8-14-24(22)25;;;/h2-14,25H,15H2,1H3;2*1H;/q-1;;;+3/p-2. The van der Waals surface area contributed by atoms with Gasteiger partial charge < -0.3 is 24.8 Å². The van der Waals surface area contributed by atoms with Crippen molar-refractivity contribution < 1.29 is 51.0 Å². The molecule has 0 N–H and O–H groups in total. The Hall–Kier alpha value is -1.40. The third-order valence-corrected chi connectivity index (χ3v) is 5.56. The van der Waals surface area contributed by atoms with Crippen molar-refractivity contribution >= 4 is 5.57 Å². The SMILES string of the molecule is CC1=C(c2ccccc2)C[C-]=C1C1c2ccccc2-c2ccccc21.[Cl-].[Cl-].[Zr+3]. The quantitative estimate of drug-likeness (QED) is 0.466. The molecule has 3 aromatic rings. The number of hydrogen-bond donors (Lipinski definition) is 0. The van der Waals surface area contributed by atoms with Gasteiger partial charge in [0.2, 0.25) is 0 Å². The van der Waals surface area contributed by atoms with Crippen molar-refractivity contribution in [3.05, 3.63) is 113 Å². The summed E-state index contributed by atoms with van der Waals surface area (Å²) in [5.74, 6) is 0.314. The molecule has 0 aromatic heterocycles. The van der Waals surface area contributed by atoms with Crippen molar-refractivity contribution in [1.82, 2.24) is 0 Å². The average molecular weight is 482 g/mol. The normalized spacial score (nSPS) is 14.2. The molecular weight excluding hydrogens is 462 g/mol. The van der Waals surface area contributed by atoms with Crippen LogP contribution in [0.3, 0.4) is 0 Å². The van der Waals surface area contributed by atoms with Crippen LogP contribution in [0.2, 0.25) is 0 Å². The molecule has 0 spiro atoms. The number of fused-ring (bicyclic) bond motifs is 3. The first kappa shape index (κ1) is 22.9. The molecule has 0 saturated heterocycles. The van der Waals surface area contributed by atoms with Crippen molar-refractivity contribution in [2.45, 2.75) is 19.3 Å². The van der Waals surface area contributed by atoms with Crippen molar-refractivity contribution in [1.29, 1.82) is 0 Å². The summed E-state index contributed by atoms with van der Waals surface area (Å²) in [6.45, 7) is 2.27. The fraction of sp³-hybridized carbons (Fsp3) is 0.120. The van der Waals surface area contributed by atoms with Crippen LogP contribution in [0, 0.1) is 6.08 Å². The summed E-state index contributed by atoms with van der Waals surface area (Å²) in [5, 5.41) is 0. The van der Waals surface area contributed by atoms with E-state index in [1.54, 1.807) is 0 Å². The maximum atomic E-state index is 3.72. The van der Waals surface area contributed by atoms with Crippen LogP contribution in [0.15, 0.2) is 90.0 Å². The summed E-state index contributed by atoms with van der Waals surface area (Å²) in [7, 11) is 0. The van der Waals surface area contributed by atoms with E-state index in [1.807, 2.05) is 0 Å². The van der Waals surface area contributed by atoms with Gasteiger partial charge in [0.25, 0.3) is 0 Å². The third kappa shape index (κ3) is 3.61. The molecule has 0 aliphatic heterocycles. The van der Waals surface area contributed by atoms with Crippen molar-refractivity contribution in [2.75, 3.05) is 0 Å². The molecule has 0 atom stereocenters. The zero-order chi connectivity index (χ0) is 16.8. The number of benzene rings is 3. The van der Waals surface area contributed by atoms with E-state index in [9.17, 15) is 0 Å². The molecule has 0 amide bonds. The minimum atomic E-state index is 0. The first-order valence-electron chi connectivity index (χ1n) is 8.89. The predicted octanol–water partition coefficient (Wildman–Crippen LogP) is 0.411. The monoisotopic (exact) mass is 479 g/mol. The molecule has 2 aliphatic rings. The predicted molar refractivity (Wildman–Crippen MR) is 104 cm³/mol. The van der Waals surface area contributed by atoms with E-state index in [0.717, 1.165) is 6.42 Å². The molecule has 0 nitrogen and oxygen atoms in total. The van der Waals surface area contributed by atoms with Gasteiger partial charge >= 0.3 is 26.2 Å². The number of hydrogen-bond acceptors (Lipinski definition) is 0. The molecule has 0 unspecified atom stereocenters. The molecule has 0 bridgehead atoms. The molecule has 1 radical (unpaired) electrons. The average Bonchev–Trinajstić information content (AvgIpc) is 3.20. The molecule has 3 heteroatoms. The molecule has 0 fully saturated rings. The van der Waals surface area contributed by atoms with Crippen molar-refractivity contribution in [2.24, 2.45) is 0 Å². The Morgan fingerprint density at radius 1 is 0.714 bits per heavy atom. The van der Waals surface area contributed by atoms with Crippen LogP contribution in [-0.4, -0.2) is 0 Å². The van der Waals surface area contributed by atoms with Crippen LogP contribution in [0.25, 0.3) is 16.7 Å². The summed E-state index contributed by atoms with van der Waals surface area (Å²) < 4.78 is 0. The first-order valence-corrected chi connectivity index (χ1v) is 8.89. The maximum Gasteiger partial charge on any atom is 3.00 e. The molecule has 0 saturated carbocycles. The van der Waals surface area contributed by atoms with Gasteiger partial charge in [-0.1, -0.05) is 78.9 Å². The van der Waals surface area contributed by atoms with Crippen LogP contribution in [-0.2, 0) is 26.2 Å². The molecule has 5 rings (SSSR count). The summed E-state index contributed by atoms with van der Waals surface area (Å²) in [6.07, 6.45) is 4.63. The second-order valence-corrected chi connectivity index (χ2v) is 6.84. The van der Waals surface area contributed by atoms with E-state index in [-0.39, 0.29) is 51.0 Å². The minimum absolute atomic E-state index is 0. The van der Waals surface area contributed by atoms with Gasteiger partial charge in [0.05, 0.1) is 0 Å². The van der Waals surface area contributed by atoms with Crippen LogP contribution in [0.1, 0.15) is 36.0 Å². The van der Waals surface area contributed by atoms with E-state index in [0.29, 0.717) is 5.92 Å². The van der Waals surface area contributed by atoms with Gasteiger partial charge in [0, 0.05) is 5.92 Å². The minimum Gasteiger partial charge on any atom is -1.00 e. The Bertz CT molecular complexity index is 990. The summed E-state index contributed by atoms with van der Waals surface area (Å²) >= 11 is 0. The Morgan fingerprint density at radius 2 is 1.21 bits per heavy atom. The fourth-order valence-electron chi connectivity index (χ4n) is 4.35. The second-order valence-electron chi connectivity index (χ2n) is 6.84. The first-order chi connectivity index (χ1) is 12.3. The number of allylic oxidation sites excluding steroid dienone is 4. The van der Waals surface area contributed by atoms with Crippen molar-refractivity contribution in [3.63, 3.8) is 0 Å². The van der Waals surface area contributed by atoms with Gasteiger partial charge in [-0.2, -0.15) is 5.57 Å². The van der Waals surface area contributed by atoms with E-state index in [2.05, 4.69) is 91.9 Å². The Balaban J connectivity index is 0.000000934. The van der Waals surface area contributed by atoms with E-state index in [4.69, 9.17) is 0 Å². The summed E-state index contributed by atoms with van der Waals surface area (Å²) in [4.78, 5) is 0. The van der Waals surface area contributed by atoms with Crippen LogP contribution in [0.5, 0.6) is 0 Å². The molecule has 0 heterocycles. The molecule has 3 aromatic carbocycles. The van der Waals surface area contributed by atoms with E-state index >= 15 is 0 Å². The zero-order valence-electron chi connectivity index (χ0n) is 15.5. The van der Waals surface area contributed by atoms with Gasteiger partial charge in [-0.3, -0.25) is 6.08 Å². The summed E-state index contributed by atoms with van der Waals surface area (Å²) in [6, 6.07) is 28.4. The molecule has 137 valence electrons. The topological polar surface area (TPSA) is 0 Å². The van der Waals surface area contributed by atoms with Crippen LogP contribution >= 0.6 is 0 Å². The zero-order valence-corrected chi connectivity index (χ0v) is 19.5. The maximum absolute atomic E-state index is 3.72. The molecular formula is C25H19Cl2Zr. The van der Waals surface area contributed by atoms with E-state index < -0.39 is 0 Å². The molecule has 2 aliphatic carbocycles. The van der Waals surface area contributed by atoms with Gasteiger partial charge in [-0.05, 0) is 27.8 Å². The van der Waals surface area contributed by atoms with Crippen molar-refractivity contribution in [3.8, 4) is 11.1 Å². The van der Waals surface area contributed by atoms with Gasteiger partial charge in [0.15, 0.2) is 0 Å². The van der Waals surface area contributed by atoms with Gasteiger partial charge in [0.1, 0.15) is 0 Å². The fourth-order valence-corrected chi connectivity index (χ4v) is 4.35. The Kier molecular flexibility index (Phi) is 7.68. The third-order valence-electron chi connectivity index (χ3n) is 5.56. The van der Waals surface area contributed by atoms with Gasteiger partial charge in [-0.15, -0.1) is 18.9 Å². The Morgan fingerprint density at radius 3 is 1.79 bits per heavy atom. The largest absolute Gasteiger partial charge is 3.00 e. The number of halogens is 2. The number of rotatable bonds is 2. The Labute approximate surface area is 198 Å². The summed E-state index contributed by atoms with van der Waals surface area (Å²) in [5.41, 5.74) is 11.1. The molecule has 28 heavy (non-hydrogen) atoms. The van der Waals surface area contributed by atoms with Crippen LogP contribution in [0.4, 0.5) is 0 Å². The van der Waals surface area contributed by atoms with Gasteiger partial charge in [-0.25, -0.2) is 5.57 Å².